The molecule has 16 heteroatoms. The van der Waals surface area contributed by atoms with E-state index in [0.717, 1.165) is 123 Å². The molecule has 5 aromatic rings. The number of thiazole rings is 1. The molecule has 0 spiro atoms. The molecule has 2 N–H and O–H groups in total. The molecule has 3 atom stereocenters. The van der Waals surface area contributed by atoms with Crippen molar-refractivity contribution in [3.05, 3.63) is 98.6 Å². The molecule has 3 fully saturated rings. The molecule has 71 heavy (non-hydrogen) atoms. The topological polar surface area (TPSA) is 184 Å². The minimum absolute atomic E-state index is 0.0315. The van der Waals surface area contributed by atoms with Crippen LogP contribution in [0.15, 0.2) is 59.1 Å². The fraction of sp³-hybridized carbons (Fsp3) is 0.545. The number of β-amino-alcohol motifs (C(OH)–C–C–N with tert-alkyl or cyclic N) is 1. The van der Waals surface area contributed by atoms with Crippen molar-refractivity contribution >= 4 is 51.4 Å². The van der Waals surface area contributed by atoms with Gasteiger partial charge in [0.1, 0.15) is 23.3 Å². The first kappa shape index (κ1) is 51.6. The lowest BCUT2D eigenvalue weighted by atomic mass is 9.76. The van der Waals surface area contributed by atoms with Crippen LogP contribution < -0.4 is 15.8 Å². The summed E-state index contributed by atoms with van der Waals surface area (Å²) in [6.07, 6.45) is 11.7. The van der Waals surface area contributed by atoms with E-state index in [2.05, 4.69) is 31.2 Å². The number of nitrogens with one attached hydrogen (secondary N) is 1. The number of aryl methyl sites for hydroxylation is 2. The van der Waals surface area contributed by atoms with Crippen LogP contribution in [-0.4, -0.2) is 114 Å². The Balaban J connectivity index is 0.748. The van der Waals surface area contributed by atoms with Crippen molar-refractivity contribution in [3.63, 3.8) is 0 Å². The number of Topliss-reactive ketones (excluding diaryl/α,β-unsaturated/α-hetero) is 2. The molecule has 3 aliphatic rings. The van der Waals surface area contributed by atoms with Gasteiger partial charge in [-0.3, -0.25) is 38.4 Å². The molecule has 6 heterocycles. The van der Waals surface area contributed by atoms with Crippen LogP contribution >= 0.6 is 11.3 Å². The summed E-state index contributed by atoms with van der Waals surface area (Å²) in [5.41, 5.74) is 7.45. The van der Waals surface area contributed by atoms with Crippen LogP contribution in [0.2, 0.25) is 0 Å². The van der Waals surface area contributed by atoms with E-state index in [9.17, 15) is 29.1 Å². The summed E-state index contributed by atoms with van der Waals surface area (Å²) in [6, 6.07) is 11.4. The van der Waals surface area contributed by atoms with E-state index in [4.69, 9.17) is 9.97 Å². The maximum absolute atomic E-state index is 14.1. The van der Waals surface area contributed by atoms with Gasteiger partial charge in [-0.05, 0) is 87.2 Å². The molecule has 2 amide bonds. The number of rotatable bonds is 19. The number of pyridine rings is 2. The Morgan fingerprint density at radius 2 is 1.63 bits per heavy atom. The van der Waals surface area contributed by atoms with Gasteiger partial charge in [0.15, 0.2) is 5.78 Å². The highest BCUT2D eigenvalue weighted by Crippen LogP contribution is 2.35. The van der Waals surface area contributed by atoms with E-state index in [1.54, 1.807) is 22.1 Å². The third-order valence-electron chi connectivity index (χ3n) is 14.9. The predicted molar refractivity (Wildman–Crippen MR) is 278 cm³/mol. The van der Waals surface area contributed by atoms with Crippen molar-refractivity contribution in [1.82, 2.24) is 39.6 Å². The molecule has 378 valence electrons. The fourth-order valence-electron chi connectivity index (χ4n) is 10.7. The first-order valence-electron chi connectivity index (χ1n) is 25.7. The molecule has 0 unspecified atom stereocenters. The molecule has 1 saturated carbocycles. The van der Waals surface area contributed by atoms with E-state index in [-0.39, 0.29) is 59.9 Å². The summed E-state index contributed by atoms with van der Waals surface area (Å²) < 4.78 is 1.75. The van der Waals surface area contributed by atoms with Crippen molar-refractivity contribution in [2.24, 2.45) is 11.3 Å². The smallest absolute Gasteiger partial charge is 0.263 e. The number of carbonyl (C=O) groups excluding carboxylic acids is 4. The van der Waals surface area contributed by atoms with Crippen molar-refractivity contribution in [3.8, 4) is 10.4 Å². The molecular weight excluding hydrogens is 915 g/mol. The largest absolute Gasteiger partial charge is 0.391 e. The number of amides is 2. The van der Waals surface area contributed by atoms with Gasteiger partial charge in [-0.15, -0.1) is 11.3 Å². The van der Waals surface area contributed by atoms with Crippen molar-refractivity contribution < 1.29 is 24.3 Å². The van der Waals surface area contributed by atoms with Crippen LogP contribution in [0.4, 0.5) is 5.69 Å². The first-order chi connectivity index (χ1) is 34.0. The number of unbranched alkanes of at least 4 members (excludes halogenated alkanes) is 3. The minimum atomic E-state index is -0.806. The molecule has 8 rings (SSSR count). The lowest BCUT2D eigenvalue weighted by Crippen LogP contribution is -2.50. The number of aliphatic hydroxyl groups is 1. The van der Waals surface area contributed by atoms with E-state index in [1.165, 1.54) is 11.8 Å². The number of hydrogen-bond donors (Lipinski definition) is 2. The minimum Gasteiger partial charge on any atom is -0.391 e. The van der Waals surface area contributed by atoms with Gasteiger partial charge in [-0.1, -0.05) is 70.7 Å². The molecule has 1 aliphatic carbocycles. The number of hydrogen-bond acceptors (Lipinski definition) is 13. The van der Waals surface area contributed by atoms with E-state index in [0.29, 0.717) is 36.4 Å². The third-order valence-corrected chi connectivity index (χ3v) is 15.9. The molecule has 2 saturated heterocycles. The molecule has 15 nitrogen and oxygen atoms in total. The van der Waals surface area contributed by atoms with Gasteiger partial charge in [0.05, 0.1) is 46.1 Å². The van der Waals surface area contributed by atoms with Crippen molar-refractivity contribution in [2.45, 2.75) is 143 Å². The zero-order chi connectivity index (χ0) is 50.4. The van der Waals surface area contributed by atoms with Crippen LogP contribution in [0.25, 0.3) is 21.5 Å². The lowest BCUT2D eigenvalue weighted by Gasteiger charge is -2.36. The molecular formula is C55H71N9O6S. The van der Waals surface area contributed by atoms with E-state index in [1.807, 2.05) is 76.7 Å². The van der Waals surface area contributed by atoms with Gasteiger partial charge in [-0.2, -0.15) is 0 Å². The summed E-state index contributed by atoms with van der Waals surface area (Å²) in [4.78, 5) is 93.4. The number of ketones is 2. The number of likely N-dealkylation sites (tertiary alicyclic amines) is 1. The summed E-state index contributed by atoms with van der Waals surface area (Å²) in [7, 11) is 0. The summed E-state index contributed by atoms with van der Waals surface area (Å²) in [6.45, 7) is 16.2. The van der Waals surface area contributed by atoms with Crippen molar-refractivity contribution in [1.29, 1.82) is 0 Å². The quantitative estimate of drug-likeness (QED) is 0.0606. The highest BCUT2D eigenvalue weighted by atomic mass is 32.1. The Labute approximate surface area is 421 Å². The monoisotopic (exact) mass is 986 g/mol. The van der Waals surface area contributed by atoms with Crippen molar-refractivity contribution in [2.75, 3.05) is 44.2 Å². The number of fused-ring (bicyclic) bond motifs is 1. The molecule has 2 aliphatic heterocycles. The van der Waals surface area contributed by atoms with Crippen LogP contribution in [0.3, 0.4) is 0 Å². The van der Waals surface area contributed by atoms with Gasteiger partial charge < -0.3 is 20.2 Å². The second-order valence-electron chi connectivity index (χ2n) is 21.1. The lowest BCUT2D eigenvalue weighted by molar-refractivity contribution is -0.146. The number of aromatic nitrogens is 5. The number of nitrogens with zero attached hydrogens (tertiary/aromatic N) is 8. The highest BCUT2D eigenvalue weighted by molar-refractivity contribution is 7.13. The zero-order valence-corrected chi connectivity index (χ0v) is 43.2. The maximum atomic E-state index is 14.1. The maximum Gasteiger partial charge on any atom is 0.263 e. The summed E-state index contributed by atoms with van der Waals surface area (Å²) >= 11 is 1.59. The second-order valence-corrected chi connectivity index (χ2v) is 22.0. The van der Waals surface area contributed by atoms with Gasteiger partial charge in [0, 0.05) is 87.8 Å². The fourth-order valence-corrected chi connectivity index (χ4v) is 11.6. The van der Waals surface area contributed by atoms with E-state index >= 15 is 0 Å². The Morgan fingerprint density at radius 1 is 0.901 bits per heavy atom. The SMILES string of the molecule is CC(=O)c1c(C)c2cnc(Cc3ccc(N4CCN(CCCCCCC(=O)C[C@H](C(=O)N5C[C@H](O)C[C@H]5C(=O)NCc5ccc(-c6scnc6C)cc5)C(C)(C)C)CC4)cn3)nc2n(C2CCCC2)c1=O. The number of carbonyl (C=O) groups is 4. The van der Waals surface area contributed by atoms with Gasteiger partial charge in [-0.25, -0.2) is 15.0 Å². The van der Waals surface area contributed by atoms with Crippen LogP contribution in [0.1, 0.15) is 143 Å². The number of anilines is 1. The molecule has 1 aromatic carbocycles. The molecule has 0 radical (unpaired) electrons. The van der Waals surface area contributed by atoms with Crippen LogP contribution in [0, 0.1) is 25.2 Å². The summed E-state index contributed by atoms with van der Waals surface area (Å²) in [5, 5.41) is 14.4. The standard InChI is InChI=1S/C55H71N9O6S/c1-35-45-32-57-48(60-51(45)64(41-13-10-11-14-41)54(70)49(35)37(3)65)27-40-20-21-42(31-56-40)62-25-23-61(24-26-62)22-12-8-7-9-15-43(66)28-46(55(4,5)6)53(69)63-33-44(67)29-47(63)52(68)58-30-38-16-18-39(19-17-38)50-36(2)59-34-71-50/h16-21,31-32,34,41,44,46-47,67H,7-15,22-30,33H2,1-6H3,(H,58,68)/t44-,46-,47+/m1/s1. The number of aliphatic hydroxyl groups excluding tert-OH is 1. The van der Waals surface area contributed by atoms with Crippen LogP contribution in [-0.2, 0) is 27.3 Å². The summed E-state index contributed by atoms with van der Waals surface area (Å²) in [5.74, 6) is -0.732. The van der Waals surface area contributed by atoms with E-state index < -0.39 is 23.5 Å². The Kier molecular flexibility index (Phi) is 16.6. The average molecular weight is 986 g/mol. The van der Waals surface area contributed by atoms with Crippen LogP contribution in [0.5, 0.6) is 0 Å². The molecule has 4 aromatic heterocycles. The predicted octanol–water partition coefficient (Wildman–Crippen LogP) is 7.81. The van der Waals surface area contributed by atoms with Gasteiger partial charge >= 0.3 is 0 Å². The van der Waals surface area contributed by atoms with Gasteiger partial charge in [0.25, 0.3) is 5.56 Å². The normalized spacial score (nSPS) is 18.4. The zero-order valence-electron chi connectivity index (χ0n) is 42.4. The average Bonchev–Trinajstić information content (AvgIpc) is 4.13. The Morgan fingerprint density at radius 3 is 2.30 bits per heavy atom. The number of benzene rings is 1. The molecule has 0 bridgehead atoms. The Bertz CT molecular complexity index is 2750. The van der Waals surface area contributed by atoms with Gasteiger partial charge in [0.2, 0.25) is 11.8 Å². The Hall–Kier alpha value is -5.71. The highest BCUT2D eigenvalue weighted by Gasteiger charge is 2.44. The second kappa shape index (κ2) is 22.8. The first-order valence-corrected chi connectivity index (χ1v) is 26.5. The number of piperazine rings is 1. The third kappa shape index (κ3) is 12.3.